The first-order valence-electron chi connectivity index (χ1n) is 8.72. The Labute approximate surface area is 153 Å². The highest BCUT2D eigenvalue weighted by molar-refractivity contribution is 5.94. The Morgan fingerprint density at radius 2 is 1.46 bits per heavy atom. The molecule has 0 radical (unpaired) electrons. The number of aromatic nitrogens is 1. The summed E-state index contributed by atoms with van der Waals surface area (Å²) in [6.45, 7) is 5.86. The van der Waals surface area contributed by atoms with Crippen molar-refractivity contribution in [2.45, 2.75) is 19.3 Å². The third kappa shape index (κ3) is 3.54. The minimum atomic E-state index is -0.603. The summed E-state index contributed by atoms with van der Waals surface area (Å²) in [6, 6.07) is 12.8. The highest BCUT2D eigenvalue weighted by atomic mass is 16.5. The van der Waals surface area contributed by atoms with Crippen molar-refractivity contribution in [2.75, 3.05) is 26.2 Å². The summed E-state index contributed by atoms with van der Waals surface area (Å²) in [5.74, 6) is -0.0390. The largest absolute Gasteiger partial charge is 0.619 e. The molecule has 1 aliphatic heterocycles. The van der Waals surface area contributed by atoms with E-state index in [-0.39, 0.29) is 11.8 Å². The van der Waals surface area contributed by atoms with Crippen molar-refractivity contribution in [1.29, 1.82) is 0 Å². The number of pyridine rings is 1. The molecule has 136 valence electrons. The zero-order valence-electron chi connectivity index (χ0n) is 15.1. The van der Waals surface area contributed by atoms with Gasteiger partial charge < -0.3 is 15.0 Å². The fourth-order valence-electron chi connectivity index (χ4n) is 3.22. The van der Waals surface area contributed by atoms with Crippen molar-refractivity contribution in [3.05, 3.63) is 71.2 Å². The van der Waals surface area contributed by atoms with E-state index < -0.39 is 5.41 Å². The molecule has 0 atom stereocenters. The Morgan fingerprint density at radius 1 is 0.923 bits per heavy atom. The molecule has 0 aliphatic carbocycles. The van der Waals surface area contributed by atoms with E-state index in [2.05, 4.69) is 0 Å². The summed E-state index contributed by atoms with van der Waals surface area (Å²) in [6.07, 6.45) is 2.63. The topological polar surface area (TPSA) is 67.6 Å². The molecule has 0 N–H and O–H groups in total. The lowest BCUT2D eigenvalue weighted by atomic mass is 9.83. The summed E-state index contributed by atoms with van der Waals surface area (Å²) in [5, 5.41) is 11.1. The number of benzene rings is 1. The number of carbonyl (C=O) groups excluding carboxylic acids is 2. The van der Waals surface area contributed by atoms with Crippen LogP contribution in [0.1, 0.15) is 29.8 Å². The predicted molar refractivity (Wildman–Crippen MR) is 97.4 cm³/mol. The summed E-state index contributed by atoms with van der Waals surface area (Å²) in [4.78, 5) is 29.1. The molecule has 0 saturated carbocycles. The number of amides is 2. The van der Waals surface area contributed by atoms with E-state index in [1.807, 2.05) is 49.1 Å². The molecule has 2 heterocycles. The Bertz CT molecular complexity index is 780. The van der Waals surface area contributed by atoms with Crippen LogP contribution < -0.4 is 4.73 Å². The average Bonchev–Trinajstić information content (AvgIpc) is 2.68. The molecule has 3 rings (SSSR count). The van der Waals surface area contributed by atoms with Gasteiger partial charge in [-0.2, -0.15) is 4.73 Å². The van der Waals surface area contributed by atoms with Crippen molar-refractivity contribution in [2.24, 2.45) is 0 Å². The van der Waals surface area contributed by atoms with Gasteiger partial charge in [-0.05, 0) is 19.4 Å². The SMILES string of the molecule is CC(C)(C(=O)N1CCN(C(=O)c2cc[n+]([O-])cc2)CC1)c1ccccc1. The number of hydrogen-bond donors (Lipinski definition) is 0. The second-order valence-electron chi connectivity index (χ2n) is 7.02. The van der Waals surface area contributed by atoms with Gasteiger partial charge in [0.15, 0.2) is 12.4 Å². The lowest BCUT2D eigenvalue weighted by Gasteiger charge is -2.38. The standard InChI is InChI=1S/C20H23N3O3/c1-20(2,17-6-4-3-5-7-17)19(25)22-14-12-21(13-15-22)18(24)16-8-10-23(26)11-9-16/h3-11H,12-15H2,1-2H3. The molecule has 6 nitrogen and oxygen atoms in total. The first-order chi connectivity index (χ1) is 12.4. The molecule has 1 fully saturated rings. The van der Waals surface area contributed by atoms with Crippen LogP contribution in [0.25, 0.3) is 0 Å². The fraction of sp³-hybridized carbons (Fsp3) is 0.350. The molecule has 0 bridgehead atoms. The van der Waals surface area contributed by atoms with Crippen molar-refractivity contribution in [3.8, 4) is 0 Å². The van der Waals surface area contributed by atoms with Gasteiger partial charge in [0.05, 0.1) is 11.0 Å². The van der Waals surface area contributed by atoms with Gasteiger partial charge in [0, 0.05) is 38.3 Å². The molecule has 2 aromatic rings. The van der Waals surface area contributed by atoms with E-state index in [0.29, 0.717) is 36.5 Å². The Balaban J connectivity index is 1.64. The first-order valence-corrected chi connectivity index (χ1v) is 8.72. The molecule has 1 aliphatic rings. The summed E-state index contributed by atoms with van der Waals surface area (Å²) < 4.78 is 0.652. The first kappa shape index (κ1) is 17.9. The number of carbonyl (C=O) groups is 2. The van der Waals surface area contributed by atoms with Gasteiger partial charge in [-0.3, -0.25) is 9.59 Å². The number of hydrogen-bond acceptors (Lipinski definition) is 3. The second-order valence-corrected chi connectivity index (χ2v) is 7.02. The van der Waals surface area contributed by atoms with Crippen molar-refractivity contribution < 1.29 is 14.3 Å². The molecule has 6 heteroatoms. The van der Waals surface area contributed by atoms with Gasteiger partial charge in [-0.15, -0.1) is 0 Å². The smallest absolute Gasteiger partial charge is 0.254 e. The maximum Gasteiger partial charge on any atom is 0.254 e. The monoisotopic (exact) mass is 353 g/mol. The van der Waals surface area contributed by atoms with Gasteiger partial charge in [0.1, 0.15) is 0 Å². The summed E-state index contributed by atoms with van der Waals surface area (Å²) in [5.41, 5.74) is 0.870. The molecule has 1 saturated heterocycles. The zero-order chi connectivity index (χ0) is 18.7. The lowest BCUT2D eigenvalue weighted by Crippen LogP contribution is -2.54. The van der Waals surface area contributed by atoms with Gasteiger partial charge in [-0.25, -0.2) is 0 Å². The Morgan fingerprint density at radius 3 is 2.04 bits per heavy atom. The van der Waals surface area contributed by atoms with Gasteiger partial charge in [0.25, 0.3) is 5.91 Å². The molecular formula is C20H23N3O3. The van der Waals surface area contributed by atoms with Crippen LogP contribution in [0.3, 0.4) is 0 Å². The lowest BCUT2D eigenvalue weighted by molar-refractivity contribution is -0.605. The molecule has 1 aromatic heterocycles. The molecular weight excluding hydrogens is 330 g/mol. The third-order valence-corrected chi connectivity index (χ3v) is 4.93. The molecule has 26 heavy (non-hydrogen) atoms. The van der Waals surface area contributed by atoms with Crippen molar-refractivity contribution in [1.82, 2.24) is 9.80 Å². The van der Waals surface area contributed by atoms with Gasteiger partial charge >= 0.3 is 0 Å². The molecule has 0 unspecified atom stereocenters. The van der Waals surface area contributed by atoms with E-state index in [1.54, 1.807) is 4.90 Å². The van der Waals surface area contributed by atoms with Crippen LogP contribution in [0.2, 0.25) is 0 Å². The minimum Gasteiger partial charge on any atom is -0.619 e. The van der Waals surface area contributed by atoms with E-state index in [0.717, 1.165) is 5.56 Å². The van der Waals surface area contributed by atoms with E-state index in [1.165, 1.54) is 24.5 Å². The van der Waals surface area contributed by atoms with Crippen LogP contribution >= 0.6 is 0 Å². The molecule has 0 spiro atoms. The second kappa shape index (κ2) is 7.15. The fourth-order valence-corrected chi connectivity index (χ4v) is 3.22. The van der Waals surface area contributed by atoms with Crippen LogP contribution in [-0.2, 0) is 10.2 Å². The Hall–Kier alpha value is -2.89. The van der Waals surface area contributed by atoms with Crippen LogP contribution in [0.15, 0.2) is 54.9 Å². The number of rotatable bonds is 3. The normalized spacial score (nSPS) is 15.0. The van der Waals surface area contributed by atoms with Crippen molar-refractivity contribution >= 4 is 11.8 Å². The van der Waals surface area contributed by atoms with Crippen LogP contribution in [0.4, 0.5) is 0 Å². The van der Waals surface area contributed by atoms with Crippen molar-refractivity contribution in [3.63, 3.8) is 0 Å². The molecule has 1 aromatic carbocycles. The summed E-state index contributed by atoms with van der Waals surface area (Å²) in [7, 11) is 0. The van der Waals surface area contributed by atoms with Gasteiger partial charge in [-0.1, -0.05) is 30.3 Å². The maximum absolute atomic E-state index is 13.0. The number of piperazine rings is 1. The summed E-state index contributed by atoms with van der Waals surface area (Å²) >= 11 is 0. The average molecular weight is 353 g/mol. The highest BCUT2D eigenvalue weighted by Crippen LogP contribution is 2.26. The van der Waals surface area contributed by atoms with E-state index >= 15 is 0 Å². The van der Waals surface area contributed by atoms with Crippen LogP contribution in [0.5, 0.6) is 0 Å². The third-order valence-electron chi connectivity index (χ3n) is 4.93. The highest BCUT2D eigenvalue weighted by Gasteiger charge is 2.35. The van der Waals surface area contributed by atoms with Crippen LogP contribution in [0, 0.1) is 5.21 Å². The Kier molecular flexibility index (Phi) is 4.93. The number of nitrogens with zero attached hydrogens (tertiary/aromatic N) is 3. The van der Waals surface area contributed by atoms with E-state index in [4.69, 9.17) is 0 Å². The zero-order valence-corrected chi connectivity index (χ0v) is 15.1. The van der Waals surface area contributed by atoms with Crippen LogP contribution in [-0.4, -0.2) is 47.8 Å². The predicted octanol–water partition coefficient (Wildman–Crippen LogP) is 1.58. The van der Waals surface area contributed by atoms with E-state index in [9.17, 15) is 14.8 Å². The minimum absolute atomic E-state index is 0.0721. The molecule has 2 amide bonds. The quantitative estimate of drug-likeness (QED) is 0.621. The van der Waals surface area contributed by atoms with Gasteiger partial charge in [0.2, 0.25) is 5.91 Å². The maximum atomic E-state index is 13.0.